The van der Waals surface area contributed by atoms with Crippen LogP contribution in [0.2, 0.25) is 0 Å². The smallest absolute Gasteiger partial charge is 0.308 e. The number of hydrogen-bond acceptors (Lipinski definition) is 2. The third-order valence-corrected chi connectivity index (χ3v) is 4.82. The molecule has 0 bridgehead atoms. The molecule has 1 aromatic rings. The van der Waals surface area contributed by atoms with Crippen molar-refractivity contribution in [3.8, 4) is 0 Å². The van der Waals surface area contributed by atoms with Crippen LogP contribution in [0, 0.1) is 11.7 Å². The molecule has 1 unspecified atom stereocenters. The Bertz CT molecular complexity index is 589. The van der Waals surface area contributed by atoms with Crippen LogP contribution in [0.15, 0.2) is 24.3 Å². The van der Waals surface area contributed by atoms with Gasteiger partial charge in [0.2, 0.25) is 5.91 Å². The van der Waals surface area contributed by atoms with Crippen molar-refractivity contribution in [1.82, 2.24) is 4.90 Å². The third-order valence-electron chi connectivity index (χ3n) is 4.82. The van der Waals surface area contributed by atoms with Crippen LogP contribution in [0.5, 0.6) is 0 Å². The normalized spacial score (nSPS) is 22.6. The number of aliphatic carboxylic acids is 1. The van der Waals surface area contributed by atoms with E-state index in [1.807, 2.05) is 0 Å². The first-order valence-corrected chi connectivity index (χ1v) is 7.31. The van der Waals surface area contributed by atoms with Gasteiger partial charge in [0.1, 0.15) is 5.82 Å². The van der Waals surface area contributed by atoms with Crippen LogP contribution >= 0.6 is 12.4 Å². The molecule has 1 aromatic carbocycles. The zero-order valence-electron chi connectivity index (χ0n) is 12.1. The molecule has 0 spiro atoms. The van der Waals surface area contributed by atoms with E-state index in [0.717, 1.165) is 12.0 Å². The number of carboxylic acid groups (broad SMARTS) is 1. The van der Waals surface area contributed by atoms with Crippen LogP contribution in [-0.2, 0) is 15.0 Å². The van der Waals surface area contributed by atoms with E-state index in [2.05, 4.69) is 0 Å². The number of carboxylic acids is 1. The molecule has 1 aliphatic heterocycles. The Kier molecular flexibility index (Phi) is 4.75. The number of rotatable bonds is 3. The van der Waals surface area contributed by atoms with Gasteiger partial charge < -0.3 is 10.0 Å². The topological polar surface area (TPSA) is 57.6 Å². The zero-order valence-corrected chi connectivity index (χ0v) is 12.9. The summed E-state index contributed by atoms with van der Waals surface area (Å²) in [5.74, 6) is -1.70. The summed E-state index contributed by atoms with van der Waals surface area (Å²) in [6.45, 7) is 0.748. The average molecular weight is 328 g/mol. The van der Waals surface area contributed by atoms with E-state index < -0.39 is 17.3 Å². The molecule has 0 radical (unpaired) electrons. The van der Waals surface area contributed by atoms with E-state index in [4.69, 9.17) is 5.11 Å². The van der Waals surface area contributed by atoms with Gasteiger partial charge in [-0.15, -0.1) is 12.4 Å². The summed E-state index contributed by atoms with van der Waals surface area (Å²) >= 11 is 0. The molecule has 1 saturated heterocycles. The van der Waals surface area contributed by atoms with Crippen molar-refractivity contribution in [3.05, 3.63) is 35.6 Å². The molecule has 6 heteroatoms. The minimum Gasteiger partial charge on any atom is -0.481 e. The Labute approximate surface area is 134 Å². The predicted octanol–water partition coefficient (Wildman–Crippen LogP) is 2.60. The molecule has 1 atom stereocenters. The summed E-state index contributed by atoms with van der Waals surface area (Å²) < 4.78 is 13.5. The molecule has 2 fully saturated rings. The van der Waals surface area contributed by atoms with Gasteiger partial charge >= 0.3 is 5.97 Å². The van der Waals surface area contributed by atoms with Crippen molar-refractivity contribution in [2.75, 3.05) is 13.1 Å². The lowest BCUT2D eigenvalue weighted by molar-refractivity contribution is -0.142. The Hall–Kier alpha value is -1.62. The maximum atomic E-state index is 13.5. The lowest BCUT2D eigenvalue weighted by Crippen LogP contribution is -2.50. The number of halogens is 2. The number of carbonyl (C=O) groups excluding carboxylic acids is 1. The summed E-state index contributed by atoms with van der Waals surface area (Å²) in [5, 5.41) is 9.05. The standard InChI is InChI=1S/C16H18FNO3.ClH/c17-13-4-1-3-12(9-13)16(6-2-7-16)15(21)18-8-5-11(10-18)14(19)20;/h1,3-4,9,11H,2,5-8,10H2,(H,19,20);1H. The second-order valence-electron chi connectivity index (χ2n) is 6.02. The highest BCUT2D eigenvalue weighted by atomic mass is 35.5. The van der Waals surface area contributed by atoms with Crippen molar-refractivity contribution < 1.29 is 19.1 Å². The number of likely N-dealkylation sites (tertiary alicyclic amines) is 1. The molecule has 3 rings (SSSR count). The minimum absolute atomic E-state index is 0. The molecule has 1 heterocycles. The largest absolute Gasteiger partial charge is 0.481 e. The fourth-order valence-corrected chi connectivity index (χ4v) is 3.39. The molecular formula is C16H19ClFNO3. The highest BCUT2D eigenvalue weighted by molar-refractivity contribution is 5.90. The van der Waals surface area contributed by atoms with E-state index in [9.17, 15) is 14.0 Å². The molecule has 0 aromatic heterocycles. The number of hydrogen-bond donors (Lipinski definition) is 1. The van der Waals surface area contributed by atoms with Gasteiger partial charge in [0.25, 0.3) is 0 Å². The van der Waals surface area contributed by atoms with Crippen molar-refractivity contribution in [2.45, 2.75) is 31.1 Å². The maximum Gasteiger partial charge on any atom is 0.308 e. The van der Waals surface area contributed by atoms with Crippen molar-refractivity contribution in [3.63, 3.8) is 0 Å². The summed E-state index contributed by atoms with van der Waals surface area (Å²) in [6.07, 6.45) is 2.87. The molecule has 1 amide bonds. The van der Waals surface area contributed by atoms with Crippen LogP contribution in [0.3, 0.4) is 0 Å². The van der Waals surface area contributed by atoms with Gasteiger partial charge in [0.15, 0.2) is 0 Å². The molecule has 4 nitrogen and oxygen atoms in total. The monoisotopic (exact) mass is 327 g/mol. The van der Waals surface area contributed by atoms with E-state index in [0.29, 0.717) is 25.8 Å². The Morgan fingerprint density at radius 2 is 2.05 bits per heavy atom. The van der Waals surface area contributed by atoms with Gasteiger partial charge in [-0.2, -0.15) is 0 Å². The lowest BCUT2D eigenvalue weighted by Gasteiger charge is -2.43. The number of amides is 1. The highest BCUT2D eigenvalue weighted by Crippen LogP contribution is 2.46. The van der Waals surface area contributed by atoms with Gasteiger partial charge in [0, 0.05) is 13.1 Å². The summed E-state index contributed by atoms with van der Waals surface area (Å²) in [5.41, 5.74) is 0.0766. The molecular weight excluding hydrogens is 309 g/mol. The van der Waals surface area contributed by atoms with Crippen molar-refractivity contribution >= 4 is 24.3 Å². The molecule has 22 heavy (non-hydrogen) atoms. The van der Waals surface area contributed by atoms with Gasteiger partial charge in [-0.25, -0.2) is 4.39 Å². The number of nitrogens with zero attached hydrogens (tertiary/aromatic N) is 1. The van der Waals surface area contributed by atoms with E-state index in [-0.39, 0.29) is 30.7 Å². The quantitative estimate of drug-likeness (QED) is 0.928. The van der Waals surface area contributed by atoms with E-state index in [1.165, 1.54) is 12.1 Å². The van der Waals surface area contributed by atoms with Gasteiger partial charge in [-0.3, -0.25) is 9.59 Å². The first-order valence-electron chi connectivity index (χ1n) is 7.31. The molecule has 120 valence electrons. The van der Waals surface area contributed by atoms with E-state index >= 15 is 0 Å². The van der Waals surface area contributed by atoms with Gasteiger partial charge in [-0.05, 0) is 37.0 Å². The lowest BCUT2D eigenvalue weighted by atomic mass is 9.63. The minimum atomic E-state index is -0.848. The second kappa shape index (κ2) is 6.24. The molecule has 2 aliphatic rings. The highest BCUT2D eigenvalue weighted by Gasteiger charge is 2.49. The third kappa shape index (κ3) is 2.70. The predicted molar refractivity (Wildman–Crippen MR) is 81.5 cm³/mol. The van der Waals surface area contributed by atoms with Crippen molar-refractivity contribution in [2.24, 2.45) is 5.92 Å². The maximum absolute atomic E-state index is 13.5. The number of benzene rings is 1. The summed E-state index contributed by atoms with van der Waals surface area (Å²) in [7, 11) is 0. The van der Waals surface area contributed by atoms with Crippen LogP contribution in [0.25, 0.3) is 0 Å². The van der Waals surface area contributed by atoms with Gasteiger partial charge in [-0.1, -0.05) is 18.6 Å². The average Bonchev–Trinajstić information content (AvgIpc) is 2.87. The van der Waals surface area contributed by atoms with Crippen LogP contribution < -0.4 is 0 Å². The van der Waals surface area contributed by atoms with Gasteiger partial charge in [0.05, 0.1) is 11.3 Å². The van der Waals surface area contributed by atoms with Crippen LogP contribution in [-0.4, -0.2) is 35.0 Å². The summed E-state index contributed by atoms with van der Waals surface area (Å²) in [4.78, 5) is 25.5. The number of carbonyl (C=O) groups is 2. The molecule has 1 aliphatic carbocycles. The zero-order chi connectivity index (χ0) is 15.0. The Morgan fingerprint density at radius 1 is 1.32 bits per heavy atom. The molecule has 1 N–H and O–H groups in total. The fraction of sp³-hybridized carbons (Fsp3) is 0.500. The van der Waals surface area contributed by atoms with Crippen LogP contribution in [0.4, 0.5) is 4.39 Å². The summed E-state index contributed by atoms with van der Waals surface area (Å²) in [6, 6.07) is 6.23. The van der Waals surface area contributed by atoms with E-state index in [1.54, 1.807) is 17.0 Å². The second-order valence-corrected chi connectivity index (χ2v) is 6.02. The van der Waals surface area contributed by atoms with Crippen LogP contribution in [0.1, 0.15) is 31.2 Å². The Morgan fingerprint density at radius 3 is 2.55 bits per heavy atom. The van der Waals surface area contributed by atoms with Crippen molar-refractivity contribution in [1.29, 1.82) is 0 Å². The first-order chi connectivity index (χ1) is 10.0. The first kappa shape index (κ1) is 16.7. The molecule has 1 saturated carbocycles. The Balaban J connectivity index is 0.00000176. The fourth-order valence-electron chi connectivity index (χ4n) is 3.39. The SMILES string of the molecule is Cl.O=C(O)C1CCN(C(=O)C2(c3cccc(F)c3)CCC2)C1.